The van der Waals surface area contributed by atoms with Gasteiger partial charge in [0, 0.05) is 11.6 Å². The average molecular weight is 107 g/mol. The molecule has 38 valence electrons. The number of rotatable bonds is 3. The summed E-state index contributed by atoms with van der Waals surface area (Å²) in [5, 5.41) is 8.12. The third-order valence-electron chi connectivity index (χ3n) is 0.353. The second-order valence-electron chi connectivity index (χ2n) is 0.799. The molecule has 6 heavy (non-hydrogen) atoms. The van der Waals surface area contributed by atoms with Crippen molar-refractivity contribution in [2.45, 2.75) is 0 Å². The summed E-state index contributed by atoms with van der Waals surface area (Å²) in [6, 6.07) is 0. The van der Waals surface area contributed by atoms with E-state index in [1.165, 1.54) is 11.8 Å². The van der Waals surface area contributed by atoms with Crippen LogP contribution in [-0.4, -0.2) is 23.3 Å². The van der Waals surface area contributed by atoms with Crippen molar-refractivity contribution in [3.63, 3.8) is 0 Å². The lowest BCUT2D eigenvalue weighted by molar-refractivity contribution is 0.322. The summed E-state index contributed by atoms with van der Waals surface area (Å²) in [5.74, 6) is 1.37. The van der Waals surface area contributed by atoms with Crippen LogP contribution in [-0.2, 0) is 0 Å². The molecule has 0 aromatic heterocycles. The van der Waals surface area contributed by atoms with Crippen LogP contribution in [0.2, 0.25) is 0 Å². The number of aliphatic hydroxyl groups excluding tert-OH is 1. The molecule has 0 bridgehead atoms. The highest BCUT2D eigenvalue weighted by molar-refractivity contribution is 7.99. The molecule has 0 heterocycles. The molecule has 0 aromatic rings. The van der Waals surface area contributed by atoms with Gasteiger partial charge in [-0.3, -0.25) is 0 Å². The van der Waals surface area contributed by atoms with Crippen LogP contribution in [0.5, 0.6) is 0 Å². The zero-order valence-corrected chi connectivity index (χ0v) is 4.37. The van der Waals surface area contributed by atoms with Gasteiger partial charge in [0.25, 0.3) is 0 Å². The number of thioether (sulfide) groups is 1. The first-order chi connectivity index (χ1) is 2.91. The van der Waals surface area contributed by atoms with E-state index in [9.17, 15) is 0 Å². The predicted molar refractivity (Wildman–Crippen MR) is 28.6 cm³/mol. The SMILES string of the molecule is NCSCCO. The van der Waals surface area contributed by atoms with E-state index in [2.05, 4.69) is 0 Å². The fourth-order valence-corrected chi connectivity index (χ4v) is 0.444. The van der Waals surface area contributed by atoms with Crippen LogP contribution in [0.1, 0.15) is 0 Å². The molecule has 3 heteroatoms. The van der Waals surface area contributed by atoms with E-state index in [1.807, 2.05) is 0 Å². The molecule has 0 atom stereocenters. The van der Waals surface area contributed by atoms with Gasteiger partial charge < -0.3 is 10.8 Å². The predicted octanol–water partition coefficient (Wildman–Crippen LogP) is -0.372. The van der Waals surface area contributed by atoms with Crippen molar-refractivity contribution in [1.82, 2.24) is 0 Å². The molecule has 3 N–H and O–H groups in total. The summed E-state index contributed by atoms with van der Waals surface area (Å²) >= 11 is 1.54. The van der Waals surface area contributed by atoms with Gasteiger partial charge in [-0.1, -0.05) is 0 Å². The lowest BCUT2D eigenvalue weighted by atomic mass is 10.9. The molecule has 0 rings (SSSR count). The van der Waals surface area contributed by atoms with E-state index in [1.54, 1.807) is 0 Å². The van der Waals surface area contributed by atoms with Gasteiger partial charge in [-0.05, 0) is 0 Å². The Labute approximate surface area is 41.7 Å². The minimum absolute atomic E-state index is 0.238. The molecule has 0 fully saturated rings. The largest absolute Gasteiger partial charge is 0.396 e. The first kappa shape index (κ1) is 6.27. The fraction of sp³-hybridized carbons (Fsp3) is 1.00. The van der Waals surface area contributed by atoms with Crippen LogP contribution in [0.3, 0.4) is 0 Å². The highest BCUT2D eigenvalue weighted by Gasteiger charge is 1.75. The van der Waals surface area contributed by atoms with E-state index in [4.69, 9.17) is 10.8 Å². The number of nitrogens with two attached hydrogens (primary N) is 1. The molecular weight excluding hydrogens is 98.1 g/mol. The van der Waals surface area contributed by atoms with E-state index in [-0.39, 0.29) is 6.61 Å². The molecular formula is C3H9NOS. The minimum atomic E-state index is 0.238. The first-order valence-corrected chi connectivity index (χ1v) is 2.96. The van der Waals surface area contributed by atoms with Crippen molar-refractivity contribution in [1.29, 1.82) is 0 Å². The number of aliphatic hydroxyl groups is 1. The van der Waals surface area contributed by atoms with Crippen LogP contribution in [0, 0.1) is 0 Å². The third kappa shape index (κ3) is 4.27. The number of hydrogen-bond acceptors (Lipinski definition) is 3. The Morgan fingerprint density at radius 1 is 1.67 bits per heavy atom. The number of hydrogen-bond donors (Lipinski definition) is 2. The van der Waals surface area contributed by atoms with Crippen molar-refractivity contribution in [2.75, 3.05) is 18.2 Å². The van der Waals surface area contributed by atoms with Gasteiger partial charge in [-0.2, -0.15) is 0 Å². The van der Waals surface area contributed by atoms with Gasteiger partial charge >= 0.3 is 0 Å². The maximum absolute atomic E-state index is 8.12. The topological polar surface area (TPSA) is 46.2 Å². The first-order valence-electron chi connectivity index (χ1n) is 1.80. The van der Waals surface area contributed by atoms with Crippen LogP contribution in [0.4, 0.5) is 0 Å². The maximum atomic E-state index is 8.12. The van der Waals surface area contributed by atoms with Gasteiger partial charge in [-0.15, -0.1) is 11.8 Å². The average Bonchev–Trinajstić information content (AvgIpc) is 1.61. The summed E-state index contributed by atoms with van der Waals surface area (Å²) in [5.41, 5.74) is 5.07. The normalized spacial score (nSPS) is 9.00. The van der Waals surface area contributed by atoms with Crippen molar-refractivity contribution >= 4 is 11.8 Å². The van der Waals surface area contributed by atoms with Gasteiger partial charge in [0.15, 0.2) is 0 Å². The second kappa shape index (κ2) is 5.27. The standard InChI is InChI=1S/C3H9NOS/c4-3-6-2-1-5/h5H,1-4H2. The monoisotopic (exact) mass is 107 g/mol. The summed E-state index contributed by atoms with van der Waals surface area (Å²) in [6.07, 6.45) is 0. The highest BCUT2D eigenvalue weighted by atomic mass is 32.2. The second-order valence-corrected chi connectivity index (χ2v) is 1.95. The van der Waals surface area contributed by atoms with E-state index >= 15 is 0 Å². The van der Waals surface area contributed by atoms with E-state index < -0.39 is 0 Å². The van der Waals surface area contributed by atoms with Crippen LogP contribution in [0.15, 0.2) is 0 Å². The van der Waals surface area contributed by atoms with Gasteiger partial charge in [0.1, 0.15) is 0 Å². The van der Waals surface area contributed by atoms with E-state index in [0.29, 0.717) is 5.88 Å². The Morgan fingerprint density at radius 2 is 2.33 bits per heavy atom. The molecule has 2 nitrogen and oxygen atoms in total. The van der Waals surface area contributed by atoms with Crippen molar-refractivity contribution < 1.29 is 5.11 Å². The Kier molecular flexibility index (Phi) is 5.51. The Balaban J connectivity index is 2.34. The smallest absolute Gasteiger partial charge is 0.0522 e. The molecule has 0 unspecified atom stereocenters. The Morgan fingerprint density at radius 3 is 2.50 bits per heavy atom. The molecule has 0 spiro atoms. The quantitative estimate of drug-likeness (QED) is 0.382. The minimum Gasteiger partial charge on any atom is -0.396 e. The molecule has 0 amide bonds. The molecule has 0 saturated carbocycles. The molecule has 0 aromatic carbocycles. The summed E-state index contributed by atoms with van der Waals surface area (Å²) < 4.78 is 0. The molecule has 0 aliphatic rings. The van der Waals surface area contributed by atoms with Crippen LogP contribution < -0.4 is 5.73 Å². The summed E-state index contributed by atoms with van der Waals surface area (Å²) in [6.45, 7) is 0.238. The fourth-order valence-electron chi connectivity index (χ4n) is 0.148. The van der Waals surface area contributed by atoms with Crippen molar-refractivity contribution in [3.8, 4) is 0 Å². The van der Waals surface area contributed by atoms with Gasteiger partial charge in [0.05, 0.1) is 6.61 Å². The third-order valence-corrected chi connectivity index (χ3v) is 1.06. The summed E-state index contributed by atoms with van der Waals surface area (Å²) in [7, 11) is 0. The lowest BCUT2D eigenvalue weighted by Crippen LogP contribution is -1.95. The Bertz CT molecular complexity index is 22.8. The van der Waals surface area contributed by atoms with Crippen molar-refractivity contribution in [3.05, 3.63) is 0 Å². The molecule has 0 radical (unpaired) electrons. The zero-order chi connectivity index (χ0) is 4.83. The van der Waals surface area contributed by atoms with Crippen LogP contribution in [0.25, 0.3) is 0 Å². The molecule has 0 saturated heterocycles. The highest BCUT2D eigenvalue weighted by Crippen LogP contribution is 1.89. The molecule has 0 aliphatic carbocycles. The van der Waals surface area contributed by atoms with Gasteiger partial charge in [0.2, 0.25) is 0 Å². The maximum Gasteiger partial charge on any atom is 0.0522 e. The lowest BCUT2D eigenvalue weighted by Gasteiger charge is -1.87. The summed E-state index contributed by atoms with van der Waals surface area (Å²) in [4.78, 5) is 0. The van der Waals surface area contributed by atoms with Gasteiger partial charge in [-0.25, -0.2) is 0 Å². The zero-order valence-electron chi connectivity index (χ0n) is 3.55. The van der Waals surface area contributed by atoms with Crippen LogP contribution >= 0.6 is 11.8 Å². The van der Waals surface area contributed by atoms with E-state index in [0.717, 1.165) is 5.75 Å². The Hall–Kier alpha value is 0.270. The van der Waals surface area contributed by atoms with Crippen molar-refractivity contribution in [2.24, 2.45) is 5.73 Å². The molecule has 0 aliphatic heterocycles.